The molecule has 0 bridgehead atoms. The SMILES string of the molecule is COCCOCCCOCCOc1ccccc1C(N)=S. The predicted molar refractivity (Wildman–Crippen MR) is 86.0 cm³/mol. The Morgan fingerprint density at radius 2 is 1.67 bits per heavy atom. The number of ether oxygens (including phenoxy) is 4. The first kappa shape index (κ1) is 17.8. The van der Waals surface area contributed by atoms with Crippen LogP contribution in [0.3, 0.4) is 0 Å². The number of para-hydroxylation sites is 1. The molecule has 0 saturated heterocycles. The molecule has 0 spiro atoms. The molecule has 21 heavy (non-hydrogen) atoms. The molecular weight excluding hydrogens is 290 g/mol. The van der Waals surface area contributed by atoms with Crippen molar-refractivity contribution in [3.8, 4) is 5.75 Å². The Hall–Kier alpha value is -1.21. The molecule has 0 aliphatic heterocycles. The average Bonchev–Trinajstić information content (AvgIpc) is 2.49. The lowest BCUT2D eigenvalue weighted by Gasteiger charge is -2.10. The Balaban J connectivity index is 2.06. The van der Waals surface area contributed by atoms with Crippen LogP contribution >= 0.6 is 12.2 Å². The molecule has 0 amide bonds. The molecule has 0 unspecified atom stereocenters. The summed E-state index contributed by atoms with van der Waals surface area (Å²) >= 11 is 4.97. The van der Waals surface area contributed by atoms with Crippen LogP contribution in [0.25, 0.3) is 0 Å². The second-order valence-corrected chi connectivity index (χ2v) is 4.72. The van der Waals surface area contributed by atoms with E-state index in [0.29, 0.717) is 50.4 Å². The van der Waals surface area contributed by atoms with Crippen LogP contribution in [0.2, 0.25) is 0 Å². The molecule has 1 aromatic rings. The fourth-order valence-electron chi connectivity index (χ4n) is 1.62. The molecule has 0 aliphatic carbocycles. The van der Waals surface area contributed by atoms with Gasteiger partial charge in [0.15, 0.2) is 0 Å². The van der Waals surface area contributed by atoms with Crippen molar-refractivity contribution in [2.24, 2.45) is 5.73 Å². The Morgan fingerprint density at radius 3 is 2.33 bits per heavy atom. The van der Waals surface area contributed by atoms with Crippen molar-refractivity contribution in [3.05, 3.63) is 29.8 Å². The normalized spacial score (nSPS) is 10.5. The number of nitrogens with two attached hydrogens (primary N) is 1. The average molecular weight is 313 g/mol. The third-order valence-corrected chi connectivity index (χ3v) is 2.87. The van der Waals surface area contributed by atoms with Crippen LogP contribution in [0.1, 0.15) is 12.0 Å². The maximum atomic E-state index is 5.63. The highest BCUT2D eigenvalue weighted by molar-refractivity contribution is 7.80. The van der Waals surface area contributed by atoms with Gasteiger partial charge in [0, 0.05) is 20.3 Å². The van der Waals surface area contributed by atoms with E-state index in [1.807, 2.05) is 24.3 Å². The van der Waals surface area contributed by atoms with Crippen LogP contribution in [0.4, 0.5) is 0 Å². The van der Waals surface area contributed by atoms with Crippen LogP contribution in [-0.2, 0) is 14.2 Å². The van der Waals surface area contributed by atoms with Gasteiger partial charge in [-0.15, -0.1) is 0 Å². The summed E-state index contributed by atoms with van der Waals surface area (Å²) in [6.45, 7) is 3.54. The number of benzene rings is 1. The lowest BCUT2D eigenvalue weighted by atomic mass is 10.2. The van der Waals surface area contributed by atoms with Gasteiger partial charge in [-0.05, 0) is 18.6 Å². The van der Waals surface area contributed by atoms with E-state index >= 15 is 0 Å². The summed E-state index contributed by atoms with van der Waals surface area (Å²) in [6, 6.07) is 7.45. The first-order valence-corrected chi connectivity index (χ1v) is 7.32. The minimum Gasteiger partial charge on any atom is -0.490 e. The fourth-order valence-corrected chi connectivity index (χ4v) is 1.78. The summed E-state index contributed by atoms with van der Waals surface area (Å²) in [7, 11) is 1.65. The molecule has 0 radical (unpaired) electrons. The molecule has 118 valence electrons. The van der Waals surface area contributed by atoms with Gasteiger partial charge in [0.05, 0.1) is 25.4 Å². The van der Waals surface area contributed by atoms with Crippen LogP contribution in [0, 0.1) is 0 Å². The molecule has 1 rings (SSSR count). The Bertz CT molecular complexity index is 414. The third-order valence-electron chi connectivity index (χ3n) is 2.65. The second-order valence-electron chi connectivity index (χ2n) is 4.28. The van der Waals surface area contributed by atoms with Gasteiger partial charge >= 0.3 is 0 Å². The van der Waals surface area contributed by atoms with E-state index < -0.39 is 0 Å². The van der Waals surface area contributed by atoms with Crippen molar-refractivity contribution in [1.29, 1.82) is 0 Å². The van der Waals surface area contributed by atoms with Gasteiger partial charge in [0.25, 0.3) is 0 Å². The number of methoxy groups -OCH3 is 1. The highest BCUT2D eigenvalue weighted by atomic mass is 32.1. The molecule has 2 N–H and O–H groups in total. The van der Waals surface area contributed by atoms with Crippen molar-refractivity contribution in [3.63, 3.8) is 0 Å². The fraction of sp³-hybridized carbons (Fsp3) is 0.533. The Labute approximate surface area is 131 Å². The number of thiocarbonyl (C=S) groups is 1. The quantitative estimate of drug-likeness (QED) is 0.469. The number of hydrogen-bond donors (Lipinski definition) is 1. The van der Waals surface area contributed by atoms with Crippen molar-refractivity contribution >= 4 is 17.2 Å². The minimum absolute atomic E-state index is 0.333. The molecular formula is C15H23NO4S. The van der Waals surface area contributed by atoms with E-state index in [2.05, 4.69) is 0 Å². The summed E-state index contributed by atoms with van der Waals surface area (Å²) in [5, 5.41) is 0. The highest BCUT2D eigenvalue weighted by Crippen LogP contribution is 2.17. The Kier molecular flexibility index (Phi) is 9.73. The van der Waals surface area contributed by atoms with Gasteiger partial charge in [-0.25, -0.2) is 0 Å². The smallest absolute Gasteiger partial charge is 0.129 e. The first-order chi connectivity index (χ1) is 10.3. The van der Waals surface area contributed by atoms with E-state index in [1.54, 1.807) is 7.11 Å². The van der Waals surface area contributed by atoms with Gasteiger partial charge in [-0.1, -0.05) is 24.4 Å². The standard InChI is InChI=1S/C15H23NO4S/c1-17-9-10-18-7-4-8-19-11-12-20-14-6-3-2-5-13(14)15(16)21/h2-3,5-6H,4,7-12H2,1H3,(H2,16,21). The molecule has 0 aromatic heterocycles. The van der Waals surface area contributed by atoms with Crippen molar-refractivity contribution in [2.45, 2.75) is 6.42 Å². The van der Waals surface area contributed by atoms with E-state index in [0.717, 1.165) is 12.0 Å². The molecule has 0 fully saturated rings. The molecule has 0 saturated carbocycles. The van der Waals surface area contributed by atoms with Crippen molar-refractivity contribution < 1.29 is 18.9 Å². The molecule has 6 heteroatoms. The lowest BCUT2D eigenvalue weighted by Crippen LogP contribution is -2.14. The summed E-state index contributed by atoms with van der Waals surface area (Å²) in [4.78, 5) is 0.333. The maximum absolute atomic E-state index is 5.63. The molecule has 0 atom stereocenters. The summed E-state index contributed by atoms with van der Waals surface area (Å²) in [5.41, 5.74) is 6.38. The zero-order valence-corrected chi connectivity index (χ0v) is 13.2. The predicted octanol–water partition coefficient (Wildman–Crippen LogP) is 1.77. The maximum Gasteiger partial charge on any atom is 0.129 e. The van der Waals surface area contributed by atoms with Crippen molar-refractivity contribution in [1.82, 2.24) is 0 Å². The van der Waals surface area contributed by atoms with Crippen LogP contribution in [0.15, 0.2) is 24.3 Å². The van der Waals surface area contributed by atoms with Crippen molar-refractivity contribution in [2.75, 3.05) is 46.8 Å². The largest absolute Gasteiger partial charge is 0.490 e. The summed E-state index contributed by atoms with van der Waals surface area (Å²) < 4.78 is 21.3. The molecule has 0 heterocycles. The zero-order valence-electron chi connectivity index (χ0n) is 12.4. The highest BCUT2D eigenvalue weighted by Gasteiger charge is 2.04. The van der Waals surface area contributed by atoms with Gasteiger partial charge in [-0.2, -0.15) is 0 Å². The first-order valence-electron chi connectivity index (χ1n) is 6.91. The summed E-state index contributed by atoms with van der Waals surface area (Å²) in [5.74, 6) is 0.691. The van der Waals surface area contributed by atoms with Gasteiger partial charge in [-0.3, -0.25) is 0 Å². The van der Waals surface area contributed by atoms with E-state index in [4.69, 9.17) is 36.9 Å². The summed E-state index contributed by atoms with van der Waals surface area (Å²) in [6.07, 6.45) is 0.854. The Morgan fingerprint density at radius 1 is 1.00 bits per heavy atom. The van der Waals surface area contributed by atoms with E-state index in [-0.39, 0.29) is 0 Å². The van der Waals surface area contributed by atoms with Gasteiger partial charge < -0.3 is 24.7 Å². The third kappa shape index (κ3) is 7.96. The van der Waals surface area contributed by atoms with Gasteiger partial charge in [0.1, 0.15) is 17.3 Å². The topological polar surface area (TPSA) is 62.9 Å². The van der Waals surface area contributed by atoms with E-state index in [1.165, 1.54) is 0 Å². The zero-order chi connectivity index (χ0) is 15.3. The molecule has 1 aromatic carbocycles. The molecule has 0 aliphatic rings. The minimum atomic E-state index is 0.333. The van der Waals surface area contributed by atoms with E-state index in [9.17, 15) is 0 Å². The second kappa shape index (κ2) is 11.4. The number of rotatable bonds is 12. The molecule has 5 nitrogen and oxygen atoms in total. The van der Waals surface area contributed by atoms with Crippen LogP contribution in [-0.4, -0.2) is 51.7 Å². The lowest BCUT2D eigenvalue weighted by molar-refractivity contribution is 0.0459. The van der Waals surface area contributed by atoms with Crippen LogP contribution < -0.4 is 10.5 Å². The number of hydrogen-bond acceptors (Lipinski definition) is 5. The van der Waals surface area contributed by atoms with Gasteiger partial charge in [0.2, 0.25) is 0 Å². The van der Waals surface area contributed by atoms with Crippen LogP contribution in [0.5, 0.6) is 5.75 Å². The monoisotopic (exact) mass is 313 g/mol.